The van der Waals surface area contributed by atoms with E-state index in [9.17, 15) is 14.7 Å². The zero-order valence-electron chi connectivity index (χ0n) is 19.2. The van der Waals surface area contributed by atoms with Crippen LogP contribution in [0.1, 0.15) is 70.3 Å². The normalized spacial score (nSPS) is 18.5. The van der Waals surface area contributed by atoms with Crippen molar-refractivity contribution in [2.24, 2.45) is 0 Å². The number of unbranched alkanes of at least 4 members (excludes halogenated alkanes) is 1. The largest absolute Gasteiger partial charge is 0.385 e. The van der Waals surface area contributed by atoms with Crippen molar-refractivity contribution in [3.8, 4) is 0 Å². The summed E-state index contributed by atoms with van der Waals surface area (Å²) in [5.41, 5.74) is 3.11. The zero-order valence-corrected chi connectivity index (χ0v) is 20.7. The summed E-state index contributed by atoms with van der Waals surface area (Å²) in [6, 6.07) is 7.85. The molecule has 32 heavy (non-hydrogen) atoms. The summed E-state index contributed by atoms with van der Waals surface area (Å²) in [6.45, 7) is 9.36. The van der Waals surface area contributed by atoms with E-state index in [1.54, 1.807) is 0 Å². The molecule has 1 aromatic heterocycles. The lowest BCUT2D eigenvalue weighted by atomic mass is 9.84. The van der Waals surface area contributed by atoms with E-state index < -0.39 is 5.60 Å². The van der Waals surface area contributed by atoms with Crippen LogP contribution in [-0.2, 0) is 12.1 Å². The van der Waals surface area contributed by atoms with Gasteiger partial charge in [-0.1, -0.05) is 41.4 Å². The summed E-state index contributed by atoms with van der Waals surface area (Å²) in [4.78, 5) is 29.8. The molecule has 0 radical (unpaired) electrons. The van der Waals surface area contributed by atoms with Crippen molar-refractivity contribution in [2.75, 3.05) is 26.2 Å². The lowest BCUT2D eigenvalue weighted by Crippen LogP contribution is -2.46. The summed E-state index contributed by atoms with van der Waals surface area (Å²) >= 11 is 3.44. The van der Waals surface area contributed by atoms with E-state index in [1.807, 2.05) is 38.1 Å². The second-order valence-corrected chi connectivity index (χ2v) is 9.98. The van der Waals surface area contributed by atoms with Crippen LogP contribution in [0.4, 0.5) is 0 Å². The molecule has 2 amide bonds. The number of aromatic nitrogens is 1. The molecule has 7 heteroatoms. The quantitative estimate of drug-likeness (QED) is 0.576. The number of carbonyl (C=O) groups excluding carboxylic acids is 2. The molecule has 0 bridgehead atoms. The molecule has 2 aromatic rings. The molecular formula is C25H32BrN3O3. The topological polar surface area (TPSA) is 65.8 Å². The van der Waals surface area contributed by atoms with Crippen LogP contribution in [-0.4, -0.2) is 57.5 Å². The number of rotatable bonds is 7. The maximum atomic E-state index is 13.1. The number of fused-ring (bicyclic) bond motifs is 1. The Bertz CT molecular complexity index is 981. The van der Waals surface area contributed by atoms with Crippen molar-refractivity contribution in [2.45, 2.75) is 58.6 Å². The van der Waals surface area contributed by atoms with Gasteiger partial charge in [0.05, 0.1) is 16.7 Å². The van der Waals surface area contributed by atoms with Crippen LogP contribution in [0.2, 0.25) is 0 Å². The Morgan fingerprint density at radius 3 is 2.03 bits per heavy atom. The molecule has 2 aliphatic rings. The Hall–Kier alpha value is -1.96. The summed E-state index contributed by atoms with van der Waals surface area (Å²) in [7, 11) is 0. The summed E-state index contributed by atoms with van der Waals surface area (Å²) in [5, 5.41) is 11.1. The molecule has 0 spiro atoms. The Kier molecular flexibility index (Phi) is 6.61. The van der Waals surface area contributed by atoms with Crippen LogP contribution in [0, 0.1) is 13.8 Å². The predicted molar refractivity (Wildman–Crippen MR) is 128 cm³/mol. The minimum absolute atomic E-state index is 0.163. The molecule has 3 heterocycles. The minimum atomic E-state index is -0.820. The van der Waals surface area contributed by atoms with Crippen LogP contribution in [0.3, 0.4) is 0 Å². The van der Waals surface area contributed by atoms with Gasteiger partial charge in [-0.3, -0.25) is 14.5 Å². The zero-order chi connectivity index (χ0) is 23.0. The Morgan fingerprint density at radius 1 is 0.938 bits per heavy atom. The van der Waals surface area contributed by atoms with Gasteiger partial charge in [-0.15, -0.1) is 0 Å². The van der Waals surface area contributed by atoms with Crippen molar-refractivity contribution in [1.82, 2.24) is 14.4 Å². The first-order chi connectivity index (χ1) is 15.3. The van der Waals surface area contributed by atoms with E-state index in [2.05, 4.69) is 32.3 Å². The summed E-state index contributed by atoms with van der Waals surface area (Å²) < 4.78 is 3.12. The standard InChI is InChI=1S/C25H32BrN3O3/c1-4-5-12-28-17(2)21-22(18(28)3)24(31)29(23(21)30)16-15-27-13-10-25(32,11-14-27)19-6-8-20(26)9-7-19/h6-9,32H,4-5,10-16H2,1-3H3. The maximum Gasteiger partial charge on any atom is 0.263 e. The van der Waals surface area contributed by atoms with Crippen LogP contribution in [0.5, 0.6) is 0 Å². The molecule has 1 saturated heterocycles. The smallest absolute Gasteiger partial charge is 0.263 e. The third kappa shape index (κ3) is 4.06. The van der Waals surface area contributed by atoms with Crippen LogP contribution < -0.4 is 0 Å². The highest BCUT2D eigenvalue weighted by molar-refractivity contribution is 9.10. The number of halogens is 1. The van der Waals surface area contributed by atoms with E-state index in [1.165, 1.54) is 4.90 Å². The molecule has 0 atom stereocenters. The van der Waals surface area contributed by atoms with Gasteiger partial charge in [0, 0.05) is 48.6 Å². The van der Waals surface area contributed by atoms with Crippen molar-refractivity contribution in [3.05, 3.63) is 56.8 Å². The highest BCUT2D eigenvalue weighted by atomic mass is 79.9. The average molecular weight is 502 g/mol. The number of carbonyl (C=O) groups is 2. The van der Waals surface area contributed by atoms with E-state index in [4.69, 9.17) is 0 Å². The van der Waals surface area contributed by atoms with Crippen molar-refractivity contribution in [1.29, 1.82) is 0 Å². The van der Waals surface area contributed by atoms with Gasteiger partial charge in [0.15, 0.2) is 0 Å². The first kappa shape index (κ1) is 23.2. The number of nitrogens with zero attached hydrogens (tertiary/aromatic N) is 3. The second kappa shape index (κ2) is 9.12. The monoisotopic (exact) mass is 501 g/mol. The molecule has 0 aliphatic carbocycles. The first-order valence-electron chi connectivity index (χ1n) is 11.5. The van der Waals surface area contributed by atoms with E-state index in [-0.39, 0.29) is 11.8 Å². The van der Waals surface area contributed by atoms with E-state index >= 15 is 0 Å². The van der Waals surface area contributed by atoms with E-state index in [0.717, 1.165) is 53.9 Å². The second-order valence-electron chi connectivity index (χ2n) is 9.07. The minimum Gasteiger partial charge on any atom is -0.385 e. The lowest BCUT2D eigenvalue weighted by molar-refractivity contribution is -0.0267. The fraction of sp³-hybridized carbons (Fsp3) is 0.520. The summed E-state index contributed by atoms with van der Waals surface area (Å²) in [5.74, 6) is -0.326. The molecule has 1 N–H and O–H groups in total. The van der Waals surface area contributed by atoms with Crippen molar-refractivity contribution < 1.29 is 14.7 Å². The van der Waals surface area contributed by atoms with Crippen molar-refractivity contribution >= 4 is 27.7 Å². The van der Waals surface area contributed by atoms with Gasteiger partial charge in [0.25, 0.3) is 11.8 Å². The number of imide groups is 1. The van der Waals surface area contributed by atoms with E-state index in [0.29, 0.717) is 37.1 Å². The highest BCUT2D eigenvalue weighted by Crippen LogP contribution is 2.34. The summed E-state index contributed by atoms with van der Waals surface area (Å²) in [6.07, 6.45) is 3.38. The fourth-order valence-corrected chi connectivity index (χ4v) is 5.32. The lowest BCUT2D eigenvalue weighted by Gasteiger charge is -2.39. The SMILES string of the molecule is CCCCn1c(C)c2c(c1C)C(=O)N(CCN1CCC(O)(c3ccc(Br)cc3)CC1)C2=O. The number of piperidine rings is 1. The predicted octanol–water partition coefficient (Wildman–Crippen LogP) is 4.25. The van der Waals surface area contributed by atoms with Crippen LogP contribution >= 0.6 is 15.9 Å². The van der Waals surface area contributed by atoms with Gasteiger partial charge in [-0.2, -0.15) is 0 Å². The van der Waals surface area contributed by atoms with Gasteiger partial charge in [0.1, 0.15) is 0 Å². The number of amides is 2. The van der Waals surface area contributed by atoms with Crippen LogP contribution in [0.25, 0.3) is 0 Å². The van der Waals surface area contributed by atoms with Gasteiger partial charge < -0.3 is 14.6 Å². The first-order valence-corrected chi connectivity index (χ1v) is 12.3. The Balaban J connectivity index is 1.38. The van der Waals surface area contributed by atoms with Crippen LogP contribution in [0.15, 0.2) is 28.7 Å². The molecule has 0 unspecified atom stereocenters. The third-order valence-electron chi connectivity index (χ3n) is 7.14. The number of benzene rings is 1. The Morgan fingerprint density at radius 2 is 1.50 bits per heavy atom. The number of hydrogen-bond acceptors (Lipinski definition) is 4. The van der Waals surface area contributed by atoms with Gasteiger partial charge >= 0.3 is 0 Å². The molecule has 4 rings (SSSR count). The number of aliphatic hydroxyl groups is 1. The molecule has 2 aliphatic heterocycles. The van der Waals surface area contributed by atoms with Gasteiger partial charge in [-0.25, -0.2) is 0 Å². The molecule has 1 fully saturated rings. The van der Waals surface area contributed by atoms with Crippen molar-refractivity contribution in [3.63, 3.8) is 0 Å². The molecule has 1 aromatic carbocycles. The van der Waals surface area contributed by atoms with Gasteiger partial charge in [-0.05, 0) is 50.8 Å². The average Bonchev–Trinajstić information content (AvgIpc) is 3.18. The number of likely N-dealkylation sites (tertiary alicyclic amines) is 1. The molecule has 0 saturated carbocycles. The Labute approximate surface area is 198 Å². The molecule has 6 nitrogen and oxygen atoms in total. The van der Waals surface area contributed by atoms with Gasteiger partial charge in [0.2, 0.25) is 0 Å². The molecular weight excluding hydrogens is 470 g/mol. The fourth-order valence-electron chi connectivity index (χ4n) is 5.06. The maximum absolute atomic E-state index is 13.1. The highest BCUT2D eigenvalue weighted by Gasteiger charge is 2.41. The third-order valence-corrected chi connectivity index (χ3v) is 7.67. The number of hydrogen-bond donors (Lipinski definition) is 1. The molecule has 172 valence electrons.